The quantitative estimate of drug-likeness (QED) is 0.785. The van der Waals surface area contributed by atoms with Crippen molar-refractivity contribution in [3.05, 3.63) is 0 Å². The maximum atomic E-state index is 12.7. The molecule has 1 aliphatic carbocycles. The summed E-state index contributed by atoms with van der Waals surface area (Å²) in [5.74, 6) is 1.07. The first-order valence-corrected chi connectivity index (χ1v) is 8.26. The molecule has 2 rings (SSSR count). The summed E-state index contributed by atoms with van der Waals surface area (Å²) in [5.41, 5.74) is 5.53. The van der Waals surface area contributed by atoms with Crippen LogP contribution in [0.15, 0.2) is 0 Å². The van der Waals surface area contributed by atoms with Crippen molar-refractivity contribution >= 4 is 18.3 Å². The van der Waals surface area contributed by atoms with Crippen LogP contribution in [0.2, 0.25) is 0 Å². The molecule has 1 aliphatic heterocycles. The average molecular weight is 319 g/mol. The summed E-state index contributed by atoms with van der Waals surface area (Å²) in [7, 11) is 0. The number of piperidine rings is 1. The van der Waals surface area contributed by atoms with Crippen LogP contribution in [-0.4, -0.2) is 43.2 Å². The number of hydrogen-bond acceptors (Lipinski definition) is 3. The molecule has 0 aromatic carbocycles. The zero-order valence-electron chi connectivity index (χ0n) is 13.5. The van der Waals surface area contributed by atoms with Crippen molar-refractivity contribution in [1.29, 1.82) is 0 Å². The predicted molar refractivity (Wildman–Crippen MR) is 87.6 cm³/mol. The third-order valence-electron chi connectivity index (χ3n) is 5.19. The van der Waals surface area contributed by atoms with E-state index in [4.69, 9.17) is 10.5 Å². The lowest BCUT2D eigenvalue weighted by molar-refractivity contribution is -0.145. The largest absolute Gasteiger partial charge is 0.378 e. The zero-order valence-corrected chi connectivity index (χ0v) is 14.3. The van der Waals surface area contributed by atoms with E-state index in [-0.39, 0.29) is 23.7 Å². The number of rotatable bonds is 7. The number of likely N-dealkylation sites (tertiary alicyclic amines) is 1. The Kier molecular flexibility index (Phi) is 7.45. The van der Waals surface area contributed by atoms with Gasteiger partial charge in [0.25, 0.3) is 0 Å². The van der Waals surface area contributed by atoms with E-state index >= 15 is 0 Å². The topological polar surface area (TPSA) is 55.6 Å². The van der Waals surface area contributed by atoms with Gasteiger partial charge in [-0.25, -0.2) is 0 Å². The van der Waals surface area contributed by atoms with Gasteiger partial charge in [0.1, 0.15) is 0 Å². The molecule has 0 aromatic rings. The first-order chi connectivity index (χ1) is 9.65. The second kappa shape index (κ2) is 8.35. The Bertz CT molecular complexity index is 314. The van der Waals surface area contributed by atoms with Crippen LogP contribution < -0.4 is 5.73 Å². The minimum Gasteiger partial charge on any atom is -0.378 e. The molecule has 21 heavy (non-hydrogen) atoms. The number of halogens is 1. The van der Waals surface area contributed by atoms with Crippen molar-refractivity contribution in [3.8, 4) is 0 Å². The van der Waals surface area contributed by atoms with Gasteiger partial charge in [-0.15, -0.1) is 12.4 Å². The third kappa shape index (κ3) is 4.57. The molecule has 2 N–H and O–H groups in total. The van der Waals surface area contributed by atoms with Crippen LogP contribution in [-0.2, 0) is 9.53 Å². The number of hydrogen-bond donors (Lipinski definition) is 1. The predicted octanol–water partition coefficient (Wildman–Crippen LogP) is 2.59. The summed E-state index contributed by atoms with van der Waals surface area (Å²) in [5, 5.41) is 0. The zero-order chi connectivity index (χ0) is 14.6. The molecule has 1 saturated carbocycles. The van der Waals surface area contributed by atoms with Gasteiger partial charge >= 0.3 is 0 Å². The standard InChI is InChI=1S/C16H30N2O2.ClH/c1-3-16(4-2,12-17)15(19)18-9-7-14(8-10-18)20-11-13-5-6-13;/h13-14H,3-12,17H2,1-2H3;1H. The van der Waals surface area contributed by atoms with Gasteiger partial charge in [-0.05, 0) is 44.4 Å². The van der Waals surface area contributed by atoms with E-state index in [9.17, 15) is 4.79 Å². The van der Waals surface area contributed by atoms with Crippen molar-refractivity contribution in [2.75, 3.05) is 26.2 Å². The van der Waals surface area contributed by atoms with Crippen molar-refractivity contribution in [2.45, 2.75) is 58.5 Å². The van der Waals surface area contributed by atoms with Gasteiger partial charge in [0.2, 0.25) is 5.91 Å². The highest BCUT2D eigenvalue weighted by molar-refractivity contribution is 5.85. The maximum Gasteiger partial charge on any atom is 0.230 e. The molecular weight excluding hydrogens is 288 g/mol. The molecule has 1 amide bonds. The summed E-state index contributed by atoms with van der Waals surface area (Å²) in [6.07, 6.45) is 6.65. The fourth-order valence-electron chi connectivity index (χ4n) is 3.05. The normalized spacial score (nSPS) is 20.2. The van der Waals surface area contributed by atoms with E-state index < -0.39 is 0 Å². The Labute approximate surface area is 135 Å². The minimum absolute atomic E-state index is 0. The Morgan fingerprint density at radius 2 is 1.76 bits per heavy atom. The highest BCUT2D eigenvalue weighted by atomic mass is 35.5. The first kappa shape index (κ1) is 18.7. The van der Waals surface area contributed by atoms with Gasteiger partial charge in [-0.3, -0.25) is 4.79 Å². The molecule has 2 fully saturated rings. The number of nitrogens with two attached hydrogens (primary N) is 1. The Morgan fingerprint density at radius 1 is 1.19 bits per heavy atom. The fourth-order valence-corrected chi connectivity index (χ4v) is 3.05. The second-order valence-corrected chi connectivity index (χ2v) is 6.46. The maximum absolute atomic E-state index is 12.7. The summed E-state index contributed by atoms with van der Waals surface area (Å²) in [4.78, 5) is 14.7. The number of carbonyl (C=O) groups excluding carboxylic acids is 1. The summed E-state index contributed by atoms with van der Waals surface area (Å²) < 4.78 is 5.94. The minimum atomic E-state index is -0.346. The van der Waals surface area contributed by atoms with Crippen molar-refractivity contribution in [2.24, 2.45) is 17.1 Å². The number of carbonyl (C=O) groups is 1. The molecule has 0 atom stereocenters. The summed E-state index contributed by atoms with van der Waals surface area (Å²) in [6.45, 7) is 7.18. The van der Waals surface area contributed by atoms with E-state index in [1.54, 1.807) is 0 Å². The smallest absolute Gasteiger partial charge is 0.230 e. The molecule has 0 aromatic heterocycles. The lowest BCUT2D eigenvalue weighted by Crippen LogP contribution is -2.51. The molecule has 0 spiro atoms. The second-order valence-electron chi connectivity index (χ2n) is 6.46. The average Bonchev–Trinajstić information content (AvgIpc) is 3.32. The van der Waals surface area contributed by atoms with Crippen molar-refractivity contribution in [1.82, 2.24) is 4.90 Å². The van der Waals surface area contributed by atoms with Crippen LogP contribution in [0.1, 0.15) is 52.4 Å². The van der Waals surface area contributed by atoms with E-state index in [0.717, 1.165) is 51.3 Å². The molecule has 124 valence electrons. The van der Waals surface area contributed by atoms with Gasteiger partial charge in [0.05, 0.1) is 11.5 Å². The van der Waals surface area contributed by atoms with Crippen molar-refractivity contribution in [3.63, 3.8) is 0 Å². The number of amides is 1. The van der Waals surface area contributed by atoms with Crippen LogP contribution >= 0.6 is 12.4 Å². The van der Waals surface area contributed by atoms with E-state index in [0.29, 0.717) is 12.6 Å². The lowest BCUT2D eigenvalue weighted by atomic mass is 9.80. The number of ether oxygens (including phenoxy) is 1. The van der Waals surface area contributed by atoms with Gasteiger partial charge in [0, 0.05) is 26.2 Å². The van der Waals surface area contributed by atoms with E-state index in [2.05, 4.69) is 13.8 Å². The summed E-state index contributed by atoms with van der Waals surface area (Å²) >= 11 is 0. The molecule has 1 heterocycles. The van der Waals surface area contributed by atoms with Crippen LogP contribution in [0.25, 0.3) is 0 Å². The lowest BCUT2D eigenvalue weighted by Gasteiger charge is -2.39. The van der Waals surface area contributed by atoms with Gasteiger partial charge in [0.15, 0.2) is 0 Å². The van der Waals surface area contributed by atoms with Crippen LogP contribution in [0.4, 0.5) is 0 Å². The van der Waals surface area contributed by atoms with Crippen LogP contribution in [0, 0.1) is 11.3 Å². The molecule has 0 radical (unpaired) electrons. The fraction of sp³-hybridized carbons (Fsp3) is 0.938. The molecule has 2 aliphatic rings. The molecule has 5 heteroatoms. The summed E-state index contributed by atoms with van der Waals surface area (Å²) in [6, 6.07) is 0. The molecule has 0 bridgehead atoms. The van der Waals surface area contributed by atoms with Crippen LogP contribution in [0.5, 0.6) is 0 Å². The monoisotopic (exact) mass is 318 g/mol. The van der Waals surface area contributed by atoms with Gasteiger partial charge < -0.3 is 15.4 Å². The highest BCUT2D eigenvalue weighted by Gasteiger charge is 2.38. The Hall–Kier alpha value is -0.320. The van der Waals surface area contributed by atoms with Gasteiger partial charge in [-0.2, -0.15) is 0 Å². The van der Waals surface area contributed by atoms with Gasteiger partial charge in [-0.1, -0.05) is 13.8 Å². The molecule has 0 unspecified atom stereocenters. The van der Waals surface area contributed by atoms with E-state index in [1.807, 2.05) is 4.90 Å². The van der Waals surface area contributed by atoms with Crippen molar-refractivity contribution < 1.29 is 9.53 Å². The Balaban J connectivity index is 0.00000220. The highest BCUT2D eigenvalue weighted by Crippen LogP contribution is 2.31. The van der Waals surface area contributed by atoms with E-state index in [1.165, 1.54) is 12.8 Å². The van der Waals surface area contributed by atoms with Crippen LogP contribution in [0.3, 0.4) is 0 Å². The Morgan fingerprint density at radius 3 is 2.19 bits per heavy atom. The third-order valence-corrected chi connectivity index (χ3v) is 5.19. The number of nitrogens with zero attached hydrogens (tertiary/aromatic N) is 1. The first-order valence-electron chi connectivity index (χ1n) is 8.26. The SMILES string of the molecule is CCC(CC)(CN)C(=O)N1CCC(OCC2CC2)CC1.Cl. The molecule has 1 saturated heterocycles. The molecular formula is C16H31ClN2O2. The molecule has 4 nitrogen and oxygen atoms in total.